The number of aromatic nitrogens is 2. The highest BCUT2D eigenvalue weighted by molar-refractivity contribution is 6.39. The minimum absolute atomic E-state index is 0.0733. The van der Waals surface area contributed by atoms with E-state index in [0.29, 0.717) is 28.2 Å². The molecule has 2 aromatic heterocycles. The predicted molar refractivity (Wildman–Crippen MR) is 208 cm³/mol. The lowest BCUT2D eigenvalue weighted by atomic mass is 9.77. The molecule has 3 atom stereocenters. The number of amides is 1. The number of fused-ring (bicyclic) bond motifs is 2. The number of methoxy groups -OCH3 is 2. The van der Waals surface area contributed by atoms with Crippen molar-refractivity contribution in [2.24, 2.45) is 5.41 Å². The SMILES string of the molecule is COc1nc(-c2cccc(-c3cccc(-c4cc5c(c(OC)n4)[C@@H](N4CC6(CNC(O)C6)C4)CC5)c3Cl)c2Cl)cc2c1[C@H](N1CC3(CCC(=O)N3)C1)CC2. The van der Waals surface area contributed by atoms with Gasteiger partial charge in [0, 0.05) is 90.0 Å². The summed E-state index contributed by atoms with van der Waals surface area (Å²) >= 11 is 14.6. The molecule has 10 nitrogen and oxygen atoms in total. The van der Waals surface area contributed by atoms with Crippen LogP contribution in [0.5, 0.6) is 11.8 Å². The van der Waals surface area contributed by atoms with E-state index in [0.717, 1.165) is 110 Å². The maximum absolute atomic E-state index is 11.9. The molecule has 6 heterocycles. The largest absolute Gasteiger partial charge is 0.481 e. The van der Waals surface area contributed by atoms with Gasteiger partial charge in [-0.05, 0) is 61.8 Å². The van der Waals surface area contributed by atoms with Gasteiger partial charge >= 0.3 is 0 Å². The summed E-state index contributed by atoms with van der Waals surface area (Å²) in [5.41, 5.74) is 9.68. The number of carbonyl (C=O) groups excluding carboxylic acids is 1. The van der Waals surface area contributed by atoms with E-state index in [1.807, 2.05) is 36.4 Å². The summed E-state index contributed by atoms with van der Waals surface area (Å²) in [5, 5.41) is 17.6. The van der Waals surface area contributed by atoms with Crippen LogP contribution >= 0.6 is 23.2 Å². The van der Waals surface area contributed by atoms with Crippen molar-refractivity contribution in [2.75, 3.05) is 46.9 Å². The summed E-state index contributed by atoms with van der Waals surface area (Å²) in [6, 6.07) is 16.8. The monoisotopic (exact) mass is 766 g/mol. The summed E-state index contributed by atoms with van der Waals surface area (Å²) in [6.45, 7) is 4.52. The molecule has 1 unspecified atom stereocenters. The van der Waals surface area contributed by atoms with Crippen LogP contribution in [0.2, 0.25) is 10.0 Å². The number of aryl methyl sites for hydroxylation is 2. The molecule has 10 rings (SSSR count). The Bertz CT molecular complexity index is 2200. The standard InChI is InChI=1S/C42H44Cl2N6O4/c1-53-39-35-23(9-11-31(35)49-19-41(20-49)17-34(52)45-18-41)15-29(46-39)27-7-3-5-25(37(27)43)26-6-4-8-28(38(26)44)30-16-24-10-12-32(36(24)40(47-30)54-2)50-21-42(22-50)14-13-33(51)48-42/h3-8,15-16,31-32,34,45,52H,9-14,17-22H2,1-2H3,(H,48,51)/t31-,32+,34?/m0/s1. The number of ether oxygens (including phenoxy) is 2. The van der Waals surface area contributed by atoms with Gasteiger partial charge in [0.25, 0.3) is 0 Å². The molecule has 0 radical (unpaired) electrons. The molecular weight excluding hydrogens is 723 g/mol. The van der Waals surface area contributed by atoms with Crippen LogP contribution in [0.15, 0.2) is 48.5 Å². The molecule has 54 heavy (non-hydrogen) atoms. The van der Waals surface area contributed by atoms with Crippen molar-refractivity contribution in [2.45, 2.75) is 68.8 Å². The van der Waals surface area contributed by atoms with Gasteiger partial charge in [0.05, 0.1) is 41.2 Å². The van der Waals surface area contributed by atoms with E-state index in [1.165, 1.54) is 16.7 Å². The van der Waals surface area contributed by atoms with E-state index in [4.69, 9.17) is 42.6 Å². The first-order valence-corrected chi connectivity index (χ1v) is 19.9. The molecule has 4 fully saturated rings. The highest BCUT2D eigenvalue weighted by Crippen LogP contribution is 2.51. The van der Waals surface area contributed by atoms with Crippen molar-refractivity contribution >= 4 is 29.1 Å². The fourth-order valence-electron chi connectivity index (χ4n) is 10.5. The van der Waals surface area contributed by atoms with E-state index in [2.05, 4.69) is 32.6 Å². The van der Waals surface area contributed by atoms with E-state index in [-0.39, 0.29) is 28.9 Å². The van der Waals surface area contributed by atoms with E-state index in [9.17, 15) is 9.90 Å². The van der Waals surface area contributed by atoms with Gasteiger partial charge in [-0.15, -0.1) is 0 Å². The molecule has 4 aromatic rings. The third kappa shape index (κ3) is 5.47. The first-order chi connectivity index (χ1) is 26.2. The number of nitrogens with zero attached hydrogens (tertiary/aromatic N) is 4. The lowest BCUT2D eigenvalue weighted by Gasteiger charge is -2.50. The zero-order valence-electron chi connectivity index (χ0n) is 30.6. The van der Waals surface area contributed by atoms with Crippen LogP contribution in [0.3, 0.4) is 0 Å². The Morgan fingerprint density at radius 1 is 0.778 bits per heavy atom. The van der Waals surface area contributed by atoms with Crippen LogP contribution in [0.25, 0.3) is 33.6 Å². The second-order valence-electron chi connectivity index (χ2n) is 16.4. The molecule has 2 aromatic carbocycles. The number of carbonyl (C=O) groups is 1. The molecule has 4 aliphatic heterocycles. The van der Waals surface area contributed by atoms with Crippen molar-refractivity contribution in [1.82, 2.24) is 30.4 Å². The van der Waals surface area contributed by atoms with Gasteiger partial charge < -0.3 is 19.9 Å². The maximum Gasteiger partial charge on any atom is 0.220 e. The number of pyridine rings is 2. The number of aliphatic hydroxyl groups excluding tert-OH is 1. The second-order valence-corrected chi connectivity index (χ2v) is 17.1. The Hall–Kier alpha value is -3.77. The smallest absolute Gasteiger partial charge is 0.220 e. The molecule has 280 valence electrons. The van der Waals surface area contributed by atoms with E-state index >= 15 is 0 Å². The van der Waals surface area contributed by atoms with E-state index in [1.54, 1.807) is 14.2 Å². The molecule has 4 saturated heterocycles. The molecule has 0 saturated carbocycles. The Labute approximate surface area is 325 Å². The molecule has 12 heteroatoms. The van der Waals surface area contributed by atoms with Crippen molar-refractivity contribution < 1.29 is 19.4 Å². The number of halogens is 2. The first-order valence-electron chi connectivity index (χ1n) is 19.1. The van der Waals surface area contributed by atoms with Gasteiger partial charge in [0.15, 0.2) is 0 Å². The van der Waals surface area contributed by atoms with E-state index < -0.39 is 6.23 Å². The van der Waals surface area contributed by atoms with Crippen LogP contribution < -0.4 is 20.1 Å². The number of aliphatic hydroxyl groups is 1. The Morgan fingerprint density at radius 3 is 1.76 bits per heavy atom. The van der Waals surface area contributed by atoms with Crippen LogP contribution in [0.4, 0.5) is 0 Å². The van der Waals surface area contributed by atoms with Gasteiger partial charge in [-0.25, -0.2) is 9.97 Å². The summed E-state index contributed by atoms with van der Waals surface area (Å²) < 4.78 is 11.9. The Morgan fingerprint density at radius 2 is 1.30 bits per heavy atom. The number of likely N-dealkylation sites (tertiary alicyclic amines) is 2. The number of rotatable bonds is 7. The number of benzene rings is 2. The lowest BCUT2D eigenvalue weighted by Crippen LogP contribution is -2.67. The van der Waals surface area contributed by atoms with Crippen molar-refractivity contribution in [3.8, 4) is 45.4 Å². The van der Waals surface area contributed by atoms with Crippen LogP contribution in [0.1, 0.15) is 66.4 Å². The molecular formula is C42H44Cl2N6O4. The van der Waals surface area contributed by atoms with Crippen molar-refractivity contribution in [1.29, 1.82) is 0 Å². The second kappa shape index (κ2) is 12.9. The van der Waals surface area contributed by atoms with Crippen LogP contribution in [-0.2, 0) is 17.6 Å². The minimum Gasteiger partial charge on any atom is -0.481 e. The Balaban J connectivity index is 0.936. The van der Waals surface area contributed by atoms with Gasteiger partial charge in [0.2, 0.25) is 17.7 Å². The zero-order chi connectivity index (χ0) is 36.9. The third-order valence-electron chi connectivity index (χ3n) is 13.0. The zero-order valence-corrected chi connectivity index (χ0v) is 32.1. The maximum atomic E-state index is 11.9. The average molecular weight is 768 g/mol. The van der Waals surface area contributed by atoms with Gasteiger partial charge in [-0.3, -0.25) is 19.9 Å². The van der Waals surface area contributed by atoms with Crippen LogP contribution in [-0.4, -0.2) is 89.5 Å². The highest BCUT2D eigenvalue weighted by Gasteiger charge is 2.52. The fourth-order valence-corrected chi connectivity index (χ4v) is 11.1. The fraction of sp³-hybridized carbons (Fsp3) is 0.452. The molecule has 2 spiro atoms. The molecule has 2 aliphatic carbocycles. The average Bonchev–Trinajstić information content (AvgIpc) is 3.95. The Kier molecular flexibility index (Phi) is 8.29. The summed E-state index contributed by atoms with van der Waals surface area (Å²) in [6.07, 6.45) is 5.79. The molecule has 6 aliphatic rings. The molecule has 1 amide bonds. The van der Waals surface area contributed by atoms with Gasteiger partial charge in [-0.2, -0.15) is 0 Å². The van der Waals surface area contributed by atoms with Gasteiger partial charge in [-0.1, -0.05) is 59.6 Å². The number of hydrogen-bond acceptors (Lipinski definition) is 9. The number of hydrogen-bond donors (Lipinski definition) is 3. The summed E-state index contributed by atoms with van der Waals surface area (Å²) in [5.74, 6) is 1.44. The van der Waals surface area contributed by atoms with Crippen LogP contribution in [0, 0.1) is 5.41 Å². The highest BCUT2D eigenvalue weighted by atomic mass is 35.5. The van der Waals surface area contributed by atoms with Gasteiger partial charge in [0.1, 0.15) is 6.23 Å². The summed E-state index contributed by atoms with van der Waals surface area (Å²) in [4.78, 5) is 27.0. The predicted octanol–water partition coefficient (Wildman–Crippen LogP) is 6.35. The summed E-state index contributed by atoms with van der Waals surface area (Å²) in [7, 11) is 3.38. The topological polar surface area (TPSA) is 112 Å². The lowest BCUT2D eigenvalue weighted by molar-refractivity contribution is -0.121. The number of nitrogens with one attached hydrogen (secondary N) is 2. The van der Waals surface area contributed by atoms with Crippen molar-refractivity contribution in [3.63, 3.8) is 0 Å². The molecule has 0 bridgehead atoms. The normalized spacial score (nSPS) is 25.1. The first kappa shape index (κ1) is 34.7. The van der Waals surface area contributed by atoms with Crippen molar-refractivity contribution in [3.05, 3.63) is 80.8 Å². The third-order valence-corrected chi connectivity index (χ3v) is 13.8. The quantitative estimate of drug-likeness (QED) is 0.198. The molecule has 3 N–H and O–H groups in total. The minimum atomic E-state index is -0.402.